The Labute approximate surface area is 125 Å². The number of aryl methyl sites for hydroxylation is 1. The maximum atomic E-state index is 12.7. The average molecular weight is 286 g/mol. The Morgan fingerprint density at radius 3 is 2.43 bits per heavy atom. The Hall–Kier alpha value is -2.30. The van der Waals surface area contributed by atoms with Gasteiger partial charge in [-0.1, -0.05) is 12.1 Å². The van der Waals surface area contributed by atoms with Gasteiger partial charge >= 0.3 is 0 Å². The summed E-state index contributed by atoms with van der Waals surface area (Å²) in [4.78, 5) is 14.6. The topological polar surface area (TPSA) is 64.2 Å². The van der Waals surface area contributed by atoms with Crippen LogP contribution in [0.1, 0.15) is 35.5 Å². The Morgan fingerprint density at radius 1 is 1.33 bits per heavy atom. The highest BCUT2D eigenvalue weighted by Gasteiger charge is 2.22. The molecule has 0 atom stereocenters. The predicted molar refractivity (Wildman–Crippen MR) is 83.8 cm³/mol. The van der Waals surface area contributed by atoms with Crippen LogP contribution >= 0.6 is 0 Å². The first-order valence-electron chi connectivity index (χ1n) is 7.04. The van der Waals surface area contributed by atoms with Gasteiger partial charge in [0.15, 0.2) is 0 Å². The number of anilines is 1. The molecular formula is C16H22N4O. The molecule has 0 fully saturated rings. The van der Waals surface area contributed by atoms with E-state index in [1.54, 1.807) is 10.9 Å². The van der Waals surface area contributed by atoms with Crippen molar-refractivity contribution in [2.45, 2.75) is 33.4 Å². The lowest BCUT2D eigenvalue weighted by Crippen LogP contribution is -2.36. The average Bonchev–Trinajstić information content (AvgIpc) is 2.77. The van der Waals surface area contributed by atoms with E-state index in [-0.39, 0.29) is 11.9 Å². The summed E-state index contributed by atoms with van der Waals surface area (Å²) in [7, 11) is 1.84. The molecule has 0 bridgehead atoms. The fourth-order valence-electron chi connectivity index (χ4n) is 2.17. The number of nitrogens with two attached hydrogens (primary N) is 1. The van der Waals surface area contributed by atoms with Gasteiger partial charge in [0.1, 0.15) is 0 Å². The summed E-state index contributed by atoms with van der Waals surface area (Å²) >= 11 is 0. The van der Waals surface area contributed by atoms with Crippen molar-refractivity contribution in [2.75, 3.05) is 5.73 Å². The van der Waals surface area contributed by atoms with Crippen molar-refractivity contribution >= 4 is 11.6 Å². The van der Waals surface area contributed by atoms with E-state index in [0.29, 0.717) is 12.1 Å². The molecule has 0 unspecified atom stereocenters. The number of aromatic nitrogens is 2. The fraction of sp³-hybridized carbons (Fsp3) is 0.375. The number of carbonyl (C=O) groups excluding carboxylic acids is 1. The van der Waals surface area contributed by atoms with Crippen LogP contribution in [-0.2, 0) is 13.6 Å². The quantitative estimate of drug-likeness (QED) is 0.878. The molecule has 1 aromatic heterocycles. The molecule has 0 aliphatic heterocycles. The lowest BCUT2D eigenvalue weighted by atomic mass is 10.1. The van der Waals surface area contributed by atoms with E-state index in [9.17, 15) is 4.79 Å². The highest BCUT2D eigenvalue weighted by Crippen LogP contribution is 2.16. The second kappa shape index (κ2) is 5.99. The molecule has 112 valence electrons. The third-order valence-electron chi connectivity index (χ3n) is 3.68. The van der Waals surface area contributed by atoms with Crippen molar-refractivity contribution in [1.82, 2.24) is 14.7 Å². The largest absolute Gasteiger partial charge is 0.399 e. The highest BCUT2D eigenvalue weighted by atomic mass is 16.2. The van der Waals surface area contributed by atoms with Crippen LogP contribution in [-0.4, -0.2) is 26.6 Å². The van der Waals surface area contributed by atoms with Crippen molar-refractivity contribution in [2.24, 2.45) is 7.05 Å². The molecule has 2 rings (SSSR count). The molecule has 0 spiro atoms. The minimum Gasteiger partial charge on any atom is -0.399 e. The van der Waals surface area contributed by atoms with Crippen LogP contribution in [0.3, 0.4) is 0 Å². The Balaban J connectivity index is 2.24. The Bertz CT molecular complexity index is 628. The second-order valence-electron chi connectivity index (χ2n) is 5.54. The molecule has 0 saturated carbocycles. The summed E-state index contributed by atoms with van der Waals surface area (Å²) in [5.74, 6) is 0.00688. The Kier molecular flexibility index (Phi) is 4.31. The van der Waals surface area contributed by atoms with Crippen molar-refractivity contribution in [3.8, 4) is 0 Å². The van der Waals surface area contributed by atoms with E-state index in [0.717, 1.165) is 16.9 Å². The van der Waals surface area contributed by atoms with Crippen LogP contribution in [0.4, 0.5) is 5.69 Å². The highest BCUT2D eigenvalue weighted by molar-refractivity contribution is 5.95. The van der Waals surface area contributed by atoms with Gasteiger partial charge in [0, 0.05) is 31.0 Å². The Morgan fingerprint density at radius 2 is 1.95 bits per heavy atom. The van der Waals surface area contributed by atoms with E-state index in [2.05, 4.69) is 5.10 Å². The molecule has 5 heteroatoms. The first-order valence-corrected chi connectivity index (χ1v) is 7.04. The normalized spacial score (nSPS) is 10.9. The van der Waals surface area contributed by atoms with Gasteiger partial charge in [-0.25, -0.2) is 0 Å². The van der Waals surface area contributed by atoms with E-state index in [1.807, 2.05) is 57.0 Å². The van der Waals surface area contributed by atoms with Gasteiger partial charge in [-0.3, -0.25) is 9.48 Å². The summed E-state index contributed by atoms with van der Waals surface area (Å²) in [5.41, 5.74) is 9.02. The third kappa shape index (κ3) is 3.24. The molecule has 0 saturated heterocycles. The molecule has 2 aromatic rings. The smallest absolute Gasteiger partial charge is 0.257 e. The number of hydrogen-bond acceptors (Lipinski definition) is 3. The number of hydrogen-bond donors (Lipinski definition) is 1. The number of rotatable bonds is 4. The van der Waals surface area contributed by atoms with Crippen molar-refractivity contribution < 1.29 is 4.79 Å². The summed E-state index contributed by atoms with van der Waals surface area (Å²) in [5, 5.41) is 4.15. The zero-order valence-corrected chi connectivity index (χ0v) is 13.0. The van der Waals surface area contributed by atoms with E-state index < -0.39 is 0 Å². The van der Waals surface area contributed by atoms with Gasteiger partial charge in [0.25, 0.3) is 5.91 Å². The minimum atomic E-state index is 0.00688. The maximum absolute atomic E-state index is 12.7. The number of nitrogens with zero attached hydrogens (tertiary/aromatic N) is 3. The lowest BCUT2D eigenvalue weighted by molar-refractivity contribution is 0.0689. The molecule has 2 N–H and O–H groups in total. The molecule has 5 nitrogen and oxygen atoms in total. The number of amides is 1. The van der Waals surface area contributed by atoms with E-state index in [1.165, 1.54) is 0 Å². The zero-order chi connectivity index (χ0) is 15.6. The van der Waals surface area contributed by atoms with Crippen LogP contribution in [0.2, 0.25) is 0 Å². The third-order valence-corrected chi connectivity index (χ3v) is 3.68. The molecule has 1 amide bonds. The van der Waals surface area contributed by atoms with Gasteiger partial charge in [0.05, 0.1) is 11.8 Å². The van der Waals surface area contributed by atoms with Gasteiger partial charge in [-0.15, -0.1) is 0 Å². The van der Waals surface area contributed by atoms with E-state index in [4.69, 9.17) is 5.73 Å². The van der Waals surface area contributed by atoms with Crippen LogP contribution in [0.15, 0.2) is 30.5 Å². The van der Waals surface area contributed by atoms with Gasteiger partial charge in [-0.2, -0.15) is 5.10 Å². The standard InChI is InChI=1S/C16H22N4O/c1-11(2)20(10-13-5-7-14(17)8-6-13)16(21)15-9-18-19(4)12(15)3/h5-9,11H,10,17H2,1-4H3. The summed E-state index contributed by atoms with van der Waals surface area (Å²) in [6.45, 7) is 6.49. The van der Waals surface area contributed by atoms with Crippen molar-refractivity contribution in [1.29, 1.82) is 0 Å². The monoisotopic (exact) mass is 286 g/mol. The lowest BCUT2D eigenvalue weighted by Gasteiger charge is -2.27. The fourth-order valence-corrected chi connectivity index (χ4v) is 2.17. The maximum Gasteiger partial charge on any atom is 0.257 e. The van der Waals surface area contributed by atoms with Gasteiger partial charge in [0.2, 0.25) is 0 Å². The number of carbonyl (C=O) groups is 1. The number of nitrogen functional groups attached to an aromatic ring is 1. The minimum absolute atomic E-state index is 0.00688. The summed E-state index contributed by atoms with van der Waals surface area (Å²) < 4.78 is 1.72. The molecule has 1 heterocycles. The predicted octanol–water partition coefficient (Wildman–Crippen LogP) is 2.36. The first kappa shape index (κ1) is 15.1. The molecule has 0 aliphatic rings. The first-order chi connectivity index (χ1) is 9.90. The molecule has 21 heavy (non-hydrogen) atoms. The van der Waals surface area contributed by atoms with E-state index >= 15 is 0 Å². The number of benzene rings is 1. The van der Waals surface area contributed by atoms with Crippen LogP contribution in [0.25, 0.3) is 0 Å². The molecular weight excluding hydrogens is 264 g/mol. The summed E-state index contributed by atoms with van der Waals surface area (Å²) in [6, 6.07) is 7.72. The van der Waals surface area contributed by atoms with Crippen LogP contribution in [0, 0.1) is 6.92 Å². The molecule has 1 aromatic carbocycles. The van der Waals surface area contributed by atoms with Crippen molar-refractivity contribution in [3.63, 3.8) is 0 Å². The van der Waals surface area contributed by atoms with Crippen molar-refractivity contribution in [3.05, 3.63) is 47.3 Å². The van der Waals surface area contributed by atoms with Gasteiger partial charge in [-0.05, 0) is 38.5 Å². The van der Waals surface area contributed by atoms with Crippen LogP contribution < -0.4 is 5.73 Å². The van der Waals surface area contributed by atoms with Gasteiger partial charge < -0.3 is 10.6 Å². The summed E-state index contributed by atoms with van der Waals surface area (Å²) in [6.07, 6.45) is 1.63. The molecule has 0 aliphatic carbocycles. The molecule has 0 radical (unpaired) electrons. The zero-order valence-electron chi connectivity index (χ0n) is 13.0. The second-order valence-corrected chi connectivity index (χ2v) is 5.54. The van der Waals surface area contributed by atoms with Crippen LogP contribution in [0.5, 0.6) is 0 Å². The SMILES string of the molecule is Cc1c(C(=O)N(Cc2ccc(N)cc2)C(C)C)cnn1C.